The number of amides is 1. The Hall–Kier alpha value is -2.80. The number of carbonyl (C=O) groups excluding carboxylic acids is 1. The lowest BCUT2D eigenvalue weighted by atomic mass is 10.1. The molecule has 2 aromatic carbocycles. The number of rotatable bonds is 7. The molecule has 0 fully saturated rings. The highest BCUT2D eigenvalue weighted by atomic mass is 79.9. The molecule has 0 heterocycles. The molecule has 0 aliphatic heterocycles. The first-order valence-electron chi connectivity index (χ1n) is 8.03. The minimum atomic E-state index is -0.332. The van der Waals surface area contributed by atoms with Gasteiger partial charge in [-0.1, -0.05) is 52.3 Å². The number of nitrogen functional groups attached to an aromatic ring is 1. The molecule has 0 spiro atoms. The first-order valence-corrected chi connectivity index (χ1v) is 8.82. The van der Waals surface area contributed by atoms with Gasteiger partial charge in [-0.25, -0.2) is 0 Å². The van der Waals surface area contributed by atoms with Gasteiger partial charge in [-0.15, -0.1) is 0 Å². The number of nitrogens with one attached hydrogen (secondary N) is 3. The van der Waals surface area contributed by atoms with Crippen molar-refractivity contribution in [3.05, 3.63) is 81.1 Å². The Labute approximate surface area is 161 Å². The Morgan fingerprint density at radius 1 is 0.962 bits per heavy atom. The van der Waals surface area contributed by atoms with E-state index in [0.717, 1.165) is 15.6 Å². The number of hydrogen-bond donors (Lipinski definition) is 5. The summed E-state index contributed by atoms with van der Waals surface area (Å²) in [7, 11) is 0. The van der Waals surface area contributed by atoms with Crippen LogP contribution in [0.25, 0.3) is 0 Å². The van der Waals surface area contributed by atoms with Gasteiger partial charge in [0.05, 0.1) is 0 Å². The summed E-state index contributed by atoms with van der Waals surface area (Å²) in [6.45, 7) is 2.70. The maximum absolute atomic E-state index is 12.2. The lowest BCUT2D eigenvalue weighted by Gasteiger charge is -2.11. The quantitative estimate of drug-likeness (QED) is 0.271. The van der Waals surface area contributed by atoms with E-state index >= 15 is 0 Å². The second kappa shape index (κ2) is 9.05. The third-order valence-electron chi connectivity index (χ3n) is 3.84. The van der Waals surface area contributed by atoms with Gasteiger partial charge in [0.25, 0.3) is 5.91 Å². The normalized spacial score (nSPS) is 11.5. The Morgan fingerprint density at radius 2 is 1.46 bits per heavy atom. The number of hydrogen-bond acceptors (Lipinski definition) is 4. The first-order chi connectivity index (χ1) is 12.4. The molecule has 2 rings (SSSR count). The van der Waals surface area contributed by atoms with Crippen LogP contribution in [0.5, 0.6) is 0 Å². The van der Waals surface area contributed by atoms with Crippen LogP contribution in [0.2, 0.25) is 0 Å². The third-order valence-corrected chi connectivity index (χ3v) is 4.37. The van der Waals surface area contributed by atoms with E-state index in [0.29, 0.717) is 24.4 Å². The lowest BCUT2D eigenvalue weighted by Crippen LogP contribution is -2.31. The number of benzene rings is 2. The molecule has 0 saturated carbocycles. The molecule has 0 aromatic heterocycles. The monoisotopic (exact) mass is 415 g/mol. The molecule has 0 saturated heterocycles. The Bertz CT molecular complexity index is 813. The number of amidine groups is 1. The van der Waals surface area contributed by atoms with Crippen LogP contribution in [-0.2, 0) is 17.9 Å². The zero-order valence-electron chi connectivity index (χ0n) is 14.5. The Kier molecular flexibility index (Phi) is 6.80. The van der Waals surface area contributed by atoms with Crippen LogP contribution < -0.4 is 22.1 Å². The predicted octanol–water partition coefficient (Wildman–Crippen LogP) is 2.33. The standard InChI is InChI=1S/C19H22BrN5O/c1-12(24-10-14-4-8-16(20)9-5-14)17(21)19(26)25-11-13-2-6-15(7-3-13)18(22)23/h2-9,24H,10-11,21H2,1H3,(H3,22,23)(H,25,26)/b17-12-. The average molecular weight is 416 g/mol. The summed E-state index contributed by atoms with van der Waals surface area (Å²) in [4.78, 5) is 12.2. The van der Waals surface area contributed by atoms with Crippen molar-refractivity contribution >= 4 is 27.7 Å². The summed E-state index contributed by atoms with van der Waals surface area (Å²) >= 11 is 3.40. The zero-order valence-corrected chi connectivity index (χ0v) is 16.1. The molecule has 0 atom stereocenters. The van der Waals surface area contributed by atoms with Crippen LogP contribution >= 0.6 is 15.9 Å². The van der Waals surface area contributed by atoms with Crippen molar-refractivity contribution in [2.45, 2.75) is 20.0 Å². The third kappa shape index (κ3) is 5.63. The van der Waals surface area contributed by atoms with Crippen LogP contribution in [-0.4, -0.2) is 11.7 Å². The van der Waals surface area contributed by atoms with Crippen LogP contribution in [0.15, 0.2) is 64.4 Å². The van der Waals surface area contributed by atoms with E-state index in [-0.39, 0.29) is 17.4 Å². The molecule has 0 unspecified atom stereocenters. The fraction of sp³-hybridized carbons (Fsp3) is 0.158. The van der Waals surface area contributed by atoms with E-state index in [1.165, 1.54) is 0 Å². The van der Waals surface area contributed by atoms with Gasteiger partial charge in [0.1, 0.15) is 11.5 Å². The molecule has 0 bridgehead atoms. The molecule has 7 heteroatoms. The summed E-state index contributed by atoms with van der Waals surface area (Å²) < 4.78 is 1.02. The zero-order chi connectivity index (χ0) is 19.1. The van der Waals surface area contributed by atoms with Crippen molar-refractivity contribution in [2.75, 3.05) is 0 Å². The van der Waals surface area contributed by atoms with Crippen molar-refractivity contribution in [1.82, 2.24) is 10.6 Å². The maximum Gasteiger partial charge on any atom is 0.269 e. The van der Waals surface area contributed by atoms with Crippen molar-refractivity contribution in [3.8, 4) is 0 Å². The van der Waals surface area contributed by atoms with Crippen LogP contribution in [0.3, 0.4) is 0 Å². The molecule has 136 valence electrons. The van der Waals surface area contributed by atoms with Gasteiger partial charge < -0.3 is 22.1 Å². The molecule has 6 nitrogen and oxygen atoms in total. The van der Waals surface area contributed by atoms with Crippen molar-refractivity contribution in [1.29, 1.82) is 5.41 Å². The van der Waals surface area contributed by atoms with Crippen LogP contribution in [0.4, 0.5) is 0 Å². The summed E-state index contributed by atoms with van der Waals surface area (Å²) in [6.07, 6.45) is 0. The summed E-state index contributed by atoms with van der Waals surface area (Å²) in [5.74, 6) is -0.318. The molecule has 0 aliphatic carbocycles. The van der Waals surface area contributed by atoms with Gasteiger partial charge in [-0.2, -0.15) is 0 Å². The summed E-state index contributed by atoms with van der Waals surface area (Å²) in [6, 6.07) is 15.0. The van der Waals surface area contributed by atoms with E-state index in [1.807, 2.05) is 36.4 Å². The second-order valence-electron chi connectivity index (χ2n) is 5.81. The fourth-order valence-electron chi connectivity index (χ4n) is 2.18. The molecule has 0 aliphatic rings. The Morgan fingerprint density at radius 3 is 2.00 bits per heavy atom. The molecule has 7 N–H and O–H groups in total. The molecule has 26 heavy (non-hydrogen) atoms. The van der Waals surface area contributed by atoms with Gasteiger partial charge in [0, 0.05) is 28.8 Å². The van der Waals surface area contributed by atoms with E-state index in [9.17, 15) is 4.79 Å². The SMILES string of the molecule is C/C(NCc1ccc(Br)cc1)=C(/N)C(=O)NCc1ccc(C(=N)N)cc1. The number of nitrogens with two attached hydrogens (primary N) is 2. The molecule has 1 amide bonds. The highest BCUT2D eigenvalue weighted by Crippen LogP contribution is 2.11. The van der Waals surface area contributed by atoms with Gasteiger partial charge in [0.2, 0.25) is 0 Å². The highest BCUT2D eigenvalue weighted by molar-refractivity contribution is 9.10. The van der Waals surface area contributed by atoms with E-state index in [2.05, 4.69) is 26.6 Å². The molecule has 0 radical (unpaired) electrons. The van der Waals surface area contributed by atoms with Gasteiger partial charge in [0.15, 0.2) is 0 Å². The smallest absolute Gasteiger partial charge is 0.269 e. The predicted molar refractivity (Wildman–Crippen MR) is 107 cm³/mol. The topological polar surface area (TPSA) is 117 Å². The first kappa shape index (κ1) is 19.5. The molecule has 2 aromatic rings. The maximum atomic E-state index is 12.2. The number of carbonyl (C=O) groups is 1. The van der Waals surface area contributed by atoms with Crippen molar-refractivity contribution in [3.63, 3.8) is 0 Å². The second-order valence-corrected chi connectivity index (χ2v) is 6.73. The van der Waals surface area contributed by atoms with Gasteiger partial charge in [-0.3, -0.25) is 10.2 Å². The van der Waals surface area contributed by atoms with Crippen molar-refractivity contribution < 1.29 is 4.79 Å². The van der Waals surface area contributed by atoms with Gasteiger partial charge in [-0.05, 0) is 30.2 Å². The van der Waals surface area contributed by atoms with E-state index in [1.54, 1.807) is 19.1 Å². The summed E-state index contributed by atoms with van der Waals surface area (Å²) in [5.41, 5.74) is 14.8. The highest BCUT2D eigenvalue weighted by Gasteiger charge is 2.09. The minimum absolute atomic E-state index is 0.0141. The van der Waals surface area contributed by atoms with E-state index in [4.69, 9.17) is 16.9 Å². The van der Waals surface area contributed by atoms with Crippen LogP contribution in [0.1, 0.15) is 23.6 Å². The number of allylic oxidation sites excluding steroid dienone is 1. The fourth-order valence-corrected chi connectivity index (χ4v) is 2.45. The number of halogens is 1. The summed E-state index contributed by atoms with van der Waals surface area (Å²) in [5, 5.41) is 13.3. The van der Waals surface area contributed by atoms with E-state index < -0.39 is 0 Å². The lowest BCUT2D eigenvalue weighted by molar-refractivity contribution is -0.117. The minimum Gasteiger partial charge on any atom is -0.393 e. The molecular formula is C19H22BrN5O. The Balaban J connectivity index is 1.89. The van der Waals surface area contributed by atoms with Crippen LogP contribution in [0, 0.1) is 5.41 Å². The van der Waals surface area contributed by atoms with Gasteiger partial charge >= 0.3 is 0 Å². The average Bonchev–Trinajstić information content (AvgIpc) is 2.65. The van der Waals surface area contributed by atoms with Crippen molar-refractivity contribution in [2.24, 2.45) is 11.5 Å². The molecular weight excluding hydrogens is 394 g/mol. The largest absolute Gasteiger partial charge is 0.393 e.